The number of nitrogens with one attached hydrogen (secondary N) is 2. The summed E-state index contributed by atoms with van der Waals surface area (Å²) in [6, 6.07) is 10.7. The quantitative estimate of drug-likeness (QED) is 0.389. The van der Waals surface area contributed by atoms with Crippen LogP contribution < -0.4 is 15.5 Å². The Kier molecular flexibility index (Phi) is 9.31. The van der Waals surface area contributed by atoms with Crippen molar-refractivity contribution in [1.29, 1.82) is 5.26 Å². The Bertz CT molecular complexity index is 1040. The molecule has 7 nitrogen and oxygen atoms in total. The van der Waals surface area contributed by atoms with Crippen molar-refractivity contribution >= 4 is 57.2 Å². The third-order valence-electron chi connectivity index (χ3n) is 4.05. The molecule has 1 atom stereocenters. The molecule has 0 aliphatic heterocycles. The van der Waals surface area contributed by atoms with Crippen LogP contribution in [0.3, 0.4) is 0 Å². The lowest BCUT2D eigenvalue weighted by Crippen LogP contribution is -2.48. The van der Waals surface area contributed by atoms with Crippen LogP contribution in [0.1, 0.15) is 29.8 Å². The van der Waals surface area contributed by atoms with Gasteiger partial charge in [0.2, 0.25) is 0 Å². The molecule has 2 aromatic rings. The number of rotatable bonds is 8. The number of amides is 2. The number of carbonyl (C=O) groups excluding carboxylic acids is 2. The van der Waals surface area contributed by atoms with E-state index in [4.69, 9.17) is 33.2 Å². The summed E-state index contributed by atoms with van der Waals surface area (Å²) >= 11 is 15.2. The molecule has 2 rings (SSSR count). The van der Waals surface area contributed by atoms with Gasteiger partial charge in [0, 0.05) is 5.56 Å². The van der Waals surface area contributed by atoms with Crippen molar-refractivity contribution in [2.24, 2.45) is 11.0 Å². The molecule has 0 radical (unpaired) electrons. The Balaban J connectivity index is 2.02. The normalized spacial score (nSPS) is 11.8. The first-order valence-electron chi connectivity index (χ1n) is 9.11. The highest BCUT2D eigenvalue weighted by molar-refractivity contribution is 9.10. The van der Waals surface area contributed by atoms with E-state index in [1.54, 1.807) is 32.0 Å². The smallest absolute Gasteiger partial charge is 0.262 e. The highest BCUT2D eigenvalue weighted by atomic mass is 79.9. The van der Waals surface area contributed by atoms with Crippen molar-refractivity contribution in [3.05, 3.63) is 62.0 Å². The second kappa shape index (κ2) is 11.7. The Morgan fingerprint density at radius 1 is 1.23 bits per heavy atom. The van der Waals surface area contributed by atoms with E-state index in [0.29, 0.717) is 26.4 Å². The predicted octanol–water partition coefficient (Wildman–Crippen LogP) is 4.56. The van der Waals surface area contributed by atoms with E-state index < -0.39 is 17.9 Å². The maximum absolute atomic E-state index is 12.6. The lowest BCUT2D eigenvalue weighted by molar-refractivity contribution is -0.123. The van der Waals surface area contributed by atoms with E-state index in [1.807, 2.05) is 6.07 Å². The summed E-state index contributed by atoms with van der Waals surface area (Å²) in [4.78, 5) is 25.1. The topological polar surface area (TPSA) is 104 Å². The third kappa shape index (κ3) is 7.24. The van der Waals surface area contributed by atoms with Crippen LogP contribution in [0.5, 0.6) is 5.75 Å². The first kappa shape index (κ1) is 24.7. The molecule has 2 amide bonds. The van der Waals surface area contributed by atoms with Gasteiger partial charge < -0.3 is 10.1 Å². The van der Waals surface area contributed by atoms with Gasteiger partial charge in [-0.3, -0.25) is 9.59 Å². The summed E-state index contributed by atoms with van der Waals surface area (Å²) in [6.07, 6.45) is 1.45. The van der Waals surface area contributed by atoms with Crippen molar-refractivity contribution in [1.82, 2.24) is 10.7 Å². The predicted molar refractivity (Wildman–Crippen MR) is 124 cm³/mol. The molecular formula is C21H19BrCl2N4O3. The molecule has 1 unspecified atom stereocenters. The summed E-state index contributed by atoms with van der Waals surface area (Å²) in [5.74, 6) is -0.582. The lowest BCUT2D eigenvalue weighted by Gasteiger charge is -2.20. The van der Waals surface area contributed by atoms with Gasteiger partial charge >= 0.3 is 0 Å². The molecule has 10 heteroatoms. The number of hydrogen-bond acceptors (Lipinski definition) is 5. The number of halogens is 3. The molecule has 2 aromatic carbocycles. The van der Waals surface area contributed by atoms with Crippen molar-refractivity contribution in [3.63, 3.8) is 0 Å². The molecule has 31 heavy (non-hydrogen) atoms. The van der Waals surface area contributed by atoms with Crippen LogP contribution in [0.4, 0.5) is 0 Å². The summed E-state index contributed by atoms with van der Waals surface area (Å²) < 4.78 is 5.90. The number of nitrogens with zero attached hydrogens (tertiary/aromatic N) is 2. The van der Waals surface area contributed by atoms with Gasteiger partial charge in [-0.25, -0.2) is 5.43 Å². The van der Waals surface area contributed by atoms with Crippen LogP contribution in [0.15, 0.2) is 46.0 Å². The monoisotopic (exact) mass is 524 g/mol. The Hall–Kier alpha value is -2.60. The van der Waals surface area contributed by atoms with E-state index in [1.165, 1.54) is 24.4 Å². The summed E-state index contributed by atoms with van der Waals surface area (Å²) in [5.41, 5.74) is 3.42. The van der Waals surface area contributed by atoms with E-state index in [2.05, 4.69) is 31.8 Å². The van der Waals surface area contributed by atoms with Gasteiger partial charge in [-0.15, -0.1) is 0 Å². The van der Waals surface area contributed by atoms with Gasteiger partial charge in [-0.05, 0) is 63.8 Å². The molecule has 0 heterocycles. The number of hydrazone groups is 1. The van der Waals surface area contributed by atoms with Crippen molar-refractivity contribution < 1.29 is 14.3 Å². The fourth-order valence-corrected chi connectivity index (χ4v) is 3.27. The highest BCUT2D eigenvalue weighted by Crippen LogP contribution is 2.25. The molecule has 0 saturated carbocycles. The van der Waals surface area contributed by atoms with Gasteiger partial charge in [0.25, 0.3) is 11.8 Å². The first-order valence-corrected chi connectivity index (χ1v) is 10.7. The largest absolute Gasteiger partial charge is 0.478 e. The fourth-order valence-electron chi connectivity index (χ4n) is 2.46. The zero-order chi connectivity index (χ0) is 23.0. The van der Waals surface area contributed by atoms with Gasteiger partial charge in [0.05, 0.1) is 20.7 Å². The highest BCUT2D eigenvalue weighted by Gasteiger charge is 2.24. The molecule has 2 N–H and O–H groups in total. The molecule has 0 aliphatic carbocycles. The Morgan fingerprint density at radius 3 is 2.58 bits per heavy atom. The van der Waals surface area contributed by atoms with Crippen LogP contribution in [0.2, 0.25) is 10.0 Å². The molecule has 0 saturated heterocycles. The summed E-state index contributed by atoms with van der Waals surface area (Å²) in [5, 5.41) is 15.8. The zero-order valence-corrected chi connectivity index (χ0v) is 19.8. The third-order valence-corrected chi connectivity index (χ3v) is 5.41. The summed E-state index contributed by atoms with van der Waals surface area (Å²) in [6.45, 7) is 3.55. The van der Waals surface area contributed by atoms with Crippen LogP contribution in [0, 0.1) is 17.2 Å². The van der Waals surface area contributed by atoms with E-state index in [0.717, 1.165) is 0 Å². The SMILES string of the molecule is CC(C)C(NC(=O)c1ccc(Cl)c(Cl)c1)C(=O)NN=Cc1ccc(OCC#N)c(Br)c1. The van der Waals surface area contributed by atoms with Crippen LogP contribution in [0.25, 0.3) is 0 Å². The molecular weight excluding hydrogens is 507 g/mol. The Morgan fingerprint density at radius 2 is 1.97 bits per heavy atom. The first-order chi connectivity index (χ1) is 14.7. The molecule has 0 spiro atoms. The molecule has 162 valence electrons. The number of nitriles is 1. The van der Waals surface area contributed by atoms with Gasteiger partial charge in [0.1, 0.15) is 17.9 Å². The maximum Gasteiger partial charge on any atom is 0.262 e. The molecule has 0 bridgehead atoms. The zero-order valence-electron chi connectivity index (χ0n) is 16.7. The van der Waals surface area contributed by atoms with Crippen LogP contribution in [-0.2, 0) is 4.79 Å². The summed E-state index contributed by atoms with van der Waals surface area (Å²) in [7, 11) is 0. The van der Waals surface area contributed by atoms with Crippen molar-refractivity contribution in [3.8, 4) is 11.8 Å². The maximum atomic E-state index is 12.6. The average Bonchev–Trinajstić information content (AvgIpc) is 2.72. The molecule has 0 aliphatic rings. The minimum absolute atomic E-state index is 0.0629. The van der Waals surface area contributed by atoms with Crippen LogP contribution in [-0.4, -0.2) is 30.7 Å². The minimum Gasteiger partial charge on any atom is -0.478 e. The second-order valence-corrected chi connectivity index (χ2v) is 8.36. The number of hydrogen-bond donors (Lipinski definition) is 2. The average molecular weight is 526 g/mol. The van der Waals surface area contributed by atoms with E-state index in [9.17, 15) is 9.59 Å². The van der Waals surface area contributed by atoms with Gasteiger partial charge in [0.15, 0.2) is 6.61 Å². The Labute approximate surface area is 198 Å². The van der Waals surface area contributed by atoms with Gasteiger partial charge in [-0.1, -0.05) is 37.0 Å². The molecule has 0 fully saturated rings. The second-order valence-electron chi connectivity index (χ2n) is 6.69. The number of benzene rings is 2. The minimum atomic E-state index is -0.812. The van der Waals surface area contributed by atoms with Gasteiger partial charge in [-0.2, -0.15) is 10.4 Å². The van der Waals surface area contributed by atoms with Crippen molar-refractivity contribution in [2.75, 3.05) is 6.61 Å². The van der Waals surface area contributed by atoms with E-state index in [-0.39, 0.29) is 17.5 Å². The number of ether oxygens (including phenoxy) is 1. The number of carbonyl (C=O) groups is 2. The fraction of sp³-hybridized carbons (Fsp3) is 0.238. The molecule has 0 aromatic heterocycles. The van der Waals surface area contributed by atoms with Crippen molar-refractivity contribution in [2.45, 2.75) is 19.9 Å². The van der Waals surface area contributed by atoms with Crippen LogP contribution >= 0.6 is 39.1 Å². The standard InChI is InChI=1S/C21H19BrCl2N4O3/c1-12(2)19(27-20(29)14-4-5-16(23)17(24)10-14)21(30)28-26-11-13-3-6-18(15(22)9-13)31-8-7-25/h3-6,9-12,19H,8H2,1-2H3,(H,27,29)(H,28,30). The van der Waals surface area contributed by atoms with E-state index >= 15 is 0 Å². The lowest BCUT2D eigenvalue weighted by atomic mass is 10.0.